The number of carbonyl (C=O) groups is 3. The third-order valence-electron chi connectivity index (χ3n) is 14.3. The lowest BCUT2D eigenvalue weighted by atomic mass is 10.0. The summed E-state index contributed by atoms with van der Waals surface area (Å²) in [6.45, 7) is 6.57. The van der Waals surface area contributed by atoms with Crippen LogP contribution in [-0.4, -0.2) is 37.2 Å². The summed E-state index contributed by atoms with van der Waals surface area (Å²) in [6.07, 6.45) is 79.4. The van der Waals surface area contributed by atoms with Gasteiger partial charge in [0, 0.05) is 19.3 Å². The molecule has 0 bridgehead atoms. The van der Waals surface area contributed by atoms with E-state index in [1.165, 1.54) is 212 Å². The summed E-state index contributed by atoms with van der Waals surface area (Å²) < 4.78 is 16.9. The molecule has 0 radical (unpaired) electrons. The van der Waals surface area contributed by atoms with Gasteiger partial charge in [0.1, 0.15) is 13.2 Å². The Morgan fingerprint density at radius 1 is 0.284 bits per heavy atom. The van der Waals surface area contributed by atoms with Crippen molar-refractivity contribution in [3.05, 3.63) is 60.8 Å². The lowest BCUT2D eigenvalue weighted by molar-refractivity contribution is -0.167. The van der Waals surface area contributed by atoms with Crippen LogP contribution in [0, 0.1) is 0 Å². The van der Waals surface area contributed by atoms with Gasteiger partial charge in [0.05, 0.1) is 0 Å². The molecule has 0 amide bonds. The Labute approximate surface area is 460 Å². The van der Waals surface area contributed by atoms with Gasteiger partial charge in [0.25, 0.3) is 0 Å². The number of rotatable bonds is 59. The second kappa shape index (κ2) is 62.6. The van der Waals surface area contributed by atoms with Crippen molar-refractivity contribution in [1.29, 1.82) is 0 Å². The van der Waals surface area contributed by atoms with Crippen molar-refractivity contribution in [1.82, 2.24) is 0 Å². The van der Waals surface area contributed by atoms with Crippen molar-refractivity contribution in [3.8, 4) is 0 Å². The van der Waals surface area contributed by atoms with Gasteiger partial charge in [-0.1, -0.05) is 293 Å². The molecule has 0 aromatic rings. The summed E-state index contributed by atoms with van der Waals surface area (Å²) in [5, 5.41) is 0. The molecule has 0 aliphatic carbocycles. The second-order valence-electron chi connectivity index (χ2n) is 21.6. The first-order valence-electron chi connectivity index (χ1n) is 32.3. The highest BCUT2D eigenvalue weighted by atomic mass is 16.6. The molecular weight excluding hydrogens is 913 g/mol. The fourth-order valence-electron chi connectivity index (χ4n) is 9.43. The molecule has 6 nitrogen and oxygen atoms in total. The maximum absolute atomic E-state index is 12.9. The molecule has 430 valence electrons. The SMILES string of the molecule is CC/C=C\C/C=C\C/C=C\C/C=C\CCCCCCCCCCCCCCC(=O)OCC(COC(=O)CCCCCCCCCCCCCCC)OC(=O)CCCCCCCCC/C=C\CCCCCCCCC. The van der Waals surface area contributed by atoms with Gasteiger partial charge in [-0.2, -0.15) is 0 Å². The van der Waals surface area contributed by atoms with E-state index in [1.807, 2.05) is 0 Å². The third-order valence-corrected chi connectivity index (χ3v) is 14.3. The molecule has 0 N–H and O–H groups in total. The molecule has 0 saturated heterocycles. The lowest BCUT2D eigenvalue weighted by Gasteiger charge is -2.18. The second-order valence-corrected chi connectivity index (χ2v) is 21.6. The third kappa shape index (κ3) is 60.0. The fraction of sp³-hybridized carbons (Fsp3) is 0.809. The smallest absolute Gasteiger partial charge is 0.306 e. The zero-order valence-electron chi connectivity index (χ0n) is 49.4. The zero-order valence-corrected chi connectivity index (χ0v) is 49.4. The molecule has 0 heterocycles. The van der Waals surface area contributed by atoms with E-state index in [0.717, 1.165) is 83.5 Å². The summed E-state index contributed by atoms with van der Waals surface area (Å²) in [5.41, 5.74) is 0. The number of allylic oxidation sites excluding steroid dienone is 10. The number of hydrogen-bond acceptors (Lipinski definition) is 6. The standard InChI is InChI=1S/C68H122O6/c1-4-7-10-13-16-19-22-25-27-29-31-32-33-34-35-36-37-39-40-43-46-49-52-55-58-61-67(70)73-64-65(63-72-66(69)60-57-54-51-48-45-42-24-21-18-15-12-9-6-3)74-68(71)62-59-56-53-50-47-44-41-38-30-28-26-23-20-17-14-11-8-5-2/h7,10,16,19,25,27-28,30-32,65H,4-6,8-9,11-15,17-18,20-24,26,29,33-64H2,1-3H3/b10-7-,19-16-,27-25-,30-28-,32-31-. The summed E-state index contributed by atoms with van der Waals surface area (Å²) >= 11 is 0. The molecule has 74 heavy (non-hydrogen) atoms. The van der Waals surface area contributed by atoms with Gasteiger partial charge >= 0.3 is 17.9 Å². The zero-order chi connectivity index (χ0) is 53.6. The predicted molar refractivity (Wildman–Crippen MR) is 321 cm³/mol. The molecular formula is C68H122O6. The van der Waals surface area contributed by atoms with E-state index in [9.17, 15) is 14.4 Å². The van der Waals surface area contributed by atoms with Crippen molar-refractivity contribution in [2.45, 2.75) is 341 Å². The first-order valence-corrected chi connectivity index (χ1v) is 32.3. The maximum Gasteiger partial charge on any atom is 0.306 e. The van der Waals surface area contributed by atoms with Gasteiger partial charge in [-0.05, 0) is 83.5 Å². The number of ether oxygens (including phenoxy) is 3. The fourth-order valence-corrected chi connectivity index (χ4v) is 9.43. The van der Waals surface area contributed by atoms with Crippen LogP contribution >= 0.6 is 0 Å². The molecule has 0 spiro atoms. The van der Waals surface area contributed by atoms with Crippen LogP contribution in [0.15, 0.2) is 60.8 Å². The predicted octanol–water partition coefficient (Wildman–Crippen LogP) is 21.9. The molecule has 0 aliphatic heterocycles. The van der Waals surface area contributed by atoms with Crippen LogP contribution in [0.1, 0.15) is 335 Å². The Morgan fingerprint density at radius 2 is 0.527 bits per heavy atom. The van der Waals surface area contributed by atoms with E-state index >= 15 is 0 Å². The van der Waals surface area contributed by atoms with E-state index < -0.39 is 6.10 Å². The summed E-state index contributed by atoms with van der Waals surface area (Å²) in [7, 11) is 0. The van der Waals surface area contributed by atoms with Crippen molar-refractivity contribution < 1.29 is 28.6 Å². The number of unbranched alkanes of at least 4 members (excludes halogenated alkanes) is 38. The molecule has 0 saturated carbocycles. The monoisotopic (exact) mass is 1030 g/mol. The van der Waals surface area contributed by atoms with Crippen LogP contribution in [0.25, 0.3) is 0 Å². The molecule has 0 rings (SSSR count). The van der Waals surface area contributed by atoms with Gasteiger partial charge in [-0.15, -0.1) is 0 Å². The van der Waals surface area contributed by atoms with Crippen LogP contribution in [0.5, 0.6) is 0 Å². The summed E-state index contributed by atoms with van der Waals surface area (Å²) in [4.78, 5) is 38.3. The first kappa shape index (κ1) is 71.1. The molecule has 0 aromatic carbocycles. The Morgan fingerprint density at radius 3 is 0.838 bits per heavy atom. The molecule has 0 aliphatic rings. The molecule has 6 heteroatoms. The molecule has 0 aromatic heterocycles. The molecule has 1 atom stereocenters. The highest BCUT2D eigenvalue weighted by Crippen LogP contribution is 2.17. The Bertz CT molecular complexity index is 1330. The largest absolute Gasteiger partial charge is 0.462 e. The average Bonchev–Trinajstić information content (AvgIpc) is 3.40. The van der Waals surface area contributed by atoms with Crippen LogP contribution in [0.2, 0.25) is 0 Å². The van der Waals surface area contributed by atoms with Crippen LogP contribution in [0.3, 0.4) is 0 Å². The van der Waals surface area contributed by atoms with Crippen molar-refractivity contribution >= 4 is 17.9 Å². The highest BCUT2D eigenvalue weighted by molar-refractivity contribution is 5.71. The van der Waals surface area contributed by atoms with Crippen molar-refractivity contribution in [2.75, 3.05) is 13.2 Å². The lowest BCUT2D eigenvalue weighted by Crippen LogP contribution is -2.30. The normalized spacial score (nSPS) is 12.4. The summed E-state index contributed by atoms with van der Waals surface area (Å²) in [6, 6.07) is 0. The van der Waals surface area contributed by atoms with Gasteiger partial charge < -0.3 is 14.2 Å². The molecule has 0 fully saturated rings. The van der Waals surface area contributed by atoms with Gasteiger partial charge in [0.2, 0.25) is 0 Å². The minimum Gasteiger partial charge on any atom is -0.462 e. The Hall–Kier alpha value is -2.89. The van der Waals surface area contributed by atoms with E-state index in [1.54, 1.807) is 0 Å². The number of hydrogen-bond donors (Lipinski definition) is 0. The van der Waals surface area contributed by atoms with Gasteiger partial charge in [-0.25, -0.2) is 0 Å². The van der Waals surface area contributed by atoms with Crippen LogP contribution in [-0.2, 0) is 28.6 Å². The van der Waals surface area contributed by atoms with Crippen molar-refractivity contribution in [2.24, 2.45) is 0 Å². The van der Waals surface area contributed by atoms with Gasteiger partial charge in [-0.3, -0.25) is 14.4 Å². The van der Waals surface area contributed by atoms with Crippen LogP contribution in [0.4, 0.5) is 0 Å². The van der Waals surface area contributed by atoms with E-state index in [0.29, 0.717) is 19.3 Å². The highest BCUT2D eigenvalue weighted by Gasteiger charge is 2.19. The topological polar surface area (TPSA) is 78.9 Å². The minimum atomic E-state index is -0.775. The average molecular weight is 1040 g/mol. The first-order chi connectivity index (χ1) is 36.5. The maximum atomic E-state index is 12.9. The Kier molecular flexibility index (Phi) is 60.2. The van der Waals surface area contributed by atoms with Crippen LogP contribution < -0.4 is 0 Å². The Balaban J connectivity index is 4.28. The number of carbonyl (C=O) groups excluding carboxylic acids is 3. The van der Waals surface area contributed by atoms with E-state index in [2.05, 4.69) is 81.5 Å². The quantitative estimate of drug-likeness (QED) is 0.0261. The van der Waals surface area contributed by atoms with E-state index in [4.69, 9.17) is 14.2 Å². The van der Waals surface area contributed by atoms with Gasteiger partial charge in [0.15, 0.2) is 6.10 Å². The number of esters is 3. The minimum absolute atomic E-state index is 0.0721. The van der Waals surface area contributed by atoms with E-state index in [-0.39, 0.29) is 31.1 Å². The molecule has 1 unspecified atom stereocenters. The summed E-state index contributed by atoms with van der Waals surface area (Å²) in [5.74, 6) is -0.859. The van der Waals surface area contributed by atoms with Crippen molar-refractivity contribution in [3.63, 3.8) is 0 Å².